The Labute approximate surface area is 138 Å². The number of hydrogen-bond acceptors (Lipinski definition) is 9. The highest BCUT2D eigenvalue weighted by Crippen LogP contribution is 2.37. The maximum Gasteiger partial charge on any atom is 1.05 e. The molecular formula is C9H21AlO9P3+3. The monoisotopic (exact) mass is 393 g/mol. The first-order valence-electron chi connectivity index (χ1n) is 6.52. The van der Waals surface area contributed by atoms with Gasteiger partial charge in [-0.15, -0.1) is 13.6 Å². The molecular weight excluding hydrogens is 372 g/mol. The van der Waals surface area contributed by atoms with E-state index in [0.717, 1.165) is 0 Å². The van der Waals surface area contributed by atoms with Crippen LogP contribution in [0.1, 0.15) is 41.5 Å². The maximum atomic E-state index is 11.6. The summed E-state index contributed by atoms with van der Waals surface area (Å²) in [6, 6.07) is 0. The second-order valence-electron chi connectivity index (χ2n) is 4.74. The lowest BCUT2D eigenvalue weighted by Gasteiger charge is -1.96. The molecule has 0 aromatic carbocycles. The summed E-state index contributed by atoms with van der Waals surface area (Å²) < 4.78 is 64.2. The lowest BCUT2D eigenvalue weighted by atomic mass is 10.5. The molecule has 0 bridgehead atoms. The van der Waals surface area contributed by atoms with Crippen LogP contribution in [0.25, 0.3) is 0 Å². The van der Waals surface area contributed by atoms with Gasteiger partial charge >= 0.3 is 39.9 Å². The zero-order valence-electron chi connectivity index (χ0n) is 13.3. The molecule has 0 saturated carbocycles. The first-order valence-corrected chi connectivity index (χ1v) is 11.2. The smallest absolute Gasteiger partial charge is 0.173 e. The molecule has 3 atom stereocenters. The van der Waals surface area contributed by atoms with E-state index in [9.17, 15) is 13.7 Å². The van der Waals surface area contributed by atoms with Gasteiger partial charge in [0.05, 0.1) is 0 Å². The van der Waals surface area contributed by atoms with Crippen LogP contribution >= 0.6 is 24.8 Å². The van der Waals surface area contributed by atoms with Crippen molar-refractivity contribution in [3.05, 3.63) is 0 Å². The van der Waals surface area contributed by atoms with E-state index in [-0.39, 0.29) is 18.3 Å². The quantitative estimate of drug-likeness (QED) is 0.355. The molecule has 0 aromatic rings. The molecule has 0 aromatic heterocycles. The van der Waals surface area contributed by atoms with Gasteiger partial charge in [-0.25, -0.2) is 0 Å². The largest absolute Gasteiger partial charge is 1.05 e. The van der Waals surface area contributed by atoms with E-state index in [1.807, 2.05) is 0 Å². The predicted molar refractivity (Wildman–Crippen MR) is 80.5 cm³/mol. The van der Waals surface area contributed by atoms with Crippen LogP contribution in [0.5, 0.6) is 0 Å². The van der Waals surface area contributed by atoms with Crippen LogP contribution in [-0.2, 0) is 38.0 Å². The molecule has 0 radical (unpaired) electrons. The third-order valence-corrected chi connectivity index (χ3v) is 7.32. The Morgan fingerprint density at radius 2 is 0.818 bits per heavy atom. The van der Waals surface area contributed by atoms with Crippen molar-refractivity contribution >= 4 is 39.9 Å². The van der Waals surface area contributed by atoms with E-state index in [1.54, 1.807) is 41.5 Å². The lowest BCUT2D eigenvalue weighted by Crippen LogP contribution is -2.20. The van der Waals surface area contributed by atoms with Crippen LogP contribution in [-0.4, -0.2) is 33.5 Å². The second kappa shape index (κ2) is 12.0. The van der Waals surface area contributed by atoms with Gasteiger partial charge in [0.25, 0.3) is 0 Å². The highest BCUT2D eigenvalue weighted by molar-refractivity contribution is 7.39. The molecule has 9 nitrogen and oxygen atoms in total. The Morgan fingerprint density at radius 3 is 1.00 bits per heavy atom. The molecule has 0 N–H and O–H groups in total. The minimum absolute atomic E-state index is 0.361. The summed E-state index contributed by atoms with van der Waals surface area (Å²) in [5.41, 5.74) is 0. The summed E-state index contributed by atoms with van der Waals surface area (Å²) in [7, 11) is -7.70. The lowest BCUT2D eigenvalue weighted by molar-refractivity contribution is 0.178. The van der Waals surface area contributed by atoms with Crippen LogP contribution in [0.3, 0.4) is 0 Å². The van der Waals surface area contributed by atoms with Crippen molar-refractivity contribution in [2.45, 2.75) is 59.9 Å². The molecule has 0 heterocycles. The van der Waals surface area contributed by atoms with Crippen LogP contribution < -0.4 is 0 Å². The summed E-state index contributed by atoms with van der Waals surface area (Å²) in [5.74, 6) is 0. The summed E-state index contributed by atoms with van der Waals surface area (Å²) in [6.07, 6.45) is -1.08. The normalized spacial score (nSPS) is 13.8. The SMILES string of the molecule is CC(C)O[P+](=O)[O][Al]([O][P+](=O)OC(C)C)[O][P+](=O)OC(C)C. The Balaban J connectivity index is 4.64. The number of rotatable bonds is 12. The number of hydrogen-bond donors (Lipinski definition) is 0. The molecule has 0 aliphatic rings. The Morgan fingerprint density at radius 1 is 0.591 bits per heavy atom. The van der Waals surface area contributed by atoms with Gasteiger partial charge < -0.3 is 0 Å². The molecule has 0 aliphatic heterocycles. The van der Waals surface area contributed by atoms with Crippen LogP contribution in [0.15, 0.2) is 0 Å². The molecule has 0 amide bonds. The van der Waals surface area contributed by atoms with E-state index in [0.29, 0.717) is 0 Å². The fourth-order valence-electron chi connectivity index (χ4n) is 0.859. The predicted octanol–water partition coefficient (Wildman–Crippen LogP) is 4.27. The zero-order chi connectivity index (χ0) is 17.3. The Kier molecular flexibility index (Phi) is 12.4. The van der Waals surface area contributed by atoms with Gasteiger partial charge in [0.2, 0.25) is 0 Å². The van der Waals surface area contributed by atoms with Crippen molar-refractivity contribution in [1.29, 1.82) is 0 Å². The highest BCUT2D eigenvalue weighted by Gasteiger charge is 2.59. The van der Waals surface area contributed by atoms with Crippen molar-refractivity contribution in [3.63, 3.8) is 0 Å². The summed E-state index contributed by atoms with van der Waals surface area (Å²) >= 11 is -3.31. The second-order valence-corrected chi connectivity index (χ2v) is 9.82. The van der Waals surface area contributed by atoms with Gasteiger partial charge in [-0.2, -0.15) is 10.7 Å². The van der Waals surface area contributed by atoms with Crippen molar-refractivity contribution in [1.82, 2.24) is 0 Å². The first-order chi connectivity index (χ1) is 10.1. The third-order valence-electron chi connectivity index (χ3n) is 1.41. The first kappa shape index (κ1) is 22.6. The molecule has 0 saturated heterocycles. The Bertz CT molecular complexity index is 333. The van der Waals surface area contributed by atoms with Gasteiger partial charge in [0.15, 0.2) is 0 Å². The topological polar surface area (TPSA) is 107 Å². The summed E-state index contributed by atoms with van der Waals surface area (Å²) in [4.78, 5) is 0. The van der Waals surface area contributed by atoms with Crippen LogP contribution in [0.4, 0.5) is 0 Å². The van der Waals surface area contributed by atoms with Gasteiger partial charge in [-0.1, -0.05) is 0 Å². The van der Waals surface area contributed by atoms with E-state index in [4.69, 9.17) is 24.3 Å². The minimum Gasteiger partial charge on any atom is -0.173 e. The molecule has 0 rings (SSSR count). The molecule has 22 heavy (non-hydrogen) atoms. The highest BCUT2D eigenvalue weighted by atomic mass is 31.1. The van der Waals surface area contributed by atoms with Crippen molar-refractivity contribution < 1.29 is 38.0 Å². The molecule has 126 valence electrons. The minimum atomic E-state index is -3.31. The van der Waals surface area contributed by atoms with Crippen molar-refractivity contribution in [2.75, 3.05) is 0 Å². The van der Waals surface area contributed by atoms with Crippen molar-refractivity contribution in [3.8, 4) is 0 Å². The van der Waals surface area contributed by atoms with Crippen molar-refractivity contribution in [2.24, 2.45) is 0 Å². The summed E-state index contributed by atoms with van der Waals surface area (Å²) in [6.45, 7) is 9.91. The van der Waals surface area contributed by atoms with E-state index in [1.165, 1.54) is 0 Å². The van der Waals surface area contributed by atoms with Gasteiger partial charge in [0, 0.05) is 13.7 Å². The van der Waals surface area contributed by atoms with Gasteiger partial charge in [-0.05, 0) is 41.5 Å². The van der Waals surface area contributed by atoms with E-state index in [2.05, 4.69) is 0 Å². The standard InChI is InChI=1S/3C3H7O3P.Al/c3*1-3(2)6-7(4)5;/h3*3H,1-2H3;/q;;;+3. The van der Waals surface area contributed by atoms with Crippen LogP contribution in [0.2, 0.25) is 0 Å². The third kappa shape index (κ3) is 13.1. The molecule has 0 aliphatic carbocycles. The Hall–Kier alpha value is 0.592. The molecule has 0 fully saturated rings. The van der Waals surface area contributed by atoms with E-state index < -0.39 is 39.9 Å². The molecule has 13 heteroatoms. The summed E-state index contributed by atoms with van der Waals surface area (Å²) in [5, 5.41) is 0. The van der Waals surface area contributed by atoms with Crippen LogP contribution in [0, 0.1) is 0 Å². The average molecular weight is 393 g/mol. The average Bonchev–Trinajstić information content (AvgIpc) is 2.23. The molecule has 0 spiro atoms. The molecule has 3 unspecified atom stereocenters. The zero-order valence-corrected chi connectivity index (χ0v) is 17.2. The van der Waals surface area contributed by atoms with Gasteiger partial charge in [0.1, 0.15) is 18.3 Å². The van der Waals surface area contributed by atoms with E-state index >= 15 is 0 Å². The van der Waals surface area contributed by atoms with Gasteiger partial charge in [-0.3, -0.25) is 0 Å². The maximum absolute atomic E-state index is 11.6. The fourth-order valence-corrected chi connectivity index (χ4v) is 5.68. The fraction of sp³-hybridized carbons (Fsp3) is 1.00.